The van der Waals surface area contributed by atoms with E-state index in [9.17, 15) is 13.6 Å². The lowest BCUT2D eigenvalue weighted by Gasteiger charge is -2.30. The molecule has 1 heterocycles. The minimum absolute atomic E-state index is 0.00491. The molecule has 0 radical (unpaired) electrons. The summed E-state index contributed by atoms with van der Waals surface area (Å²) in [5.41, 5.74) is 0.407. The Morgan fingerprint density at radius 2 is 2.32 bits per heavy atom. The van der Waals surface area contributed by atoms with E-state index < -0.39 is 6.61 Å². The van der Waals surface area contributed by atoms with Crippen LogP contribution in [0.4, 0.5) is 8.78 Å². The monoisotopic (exact) mass is 375 g/mol. The average molecular weight is 376 g/mol. The Kier molecular flexibility index (Phi) is 5.90. The van der Waals surface area contributed by atoms with Gasteiger partial charge in [0.05, 0.1) is 12.7 Å². The van der Waals surface area contributed by atoms with E-state index in [0.717, 1.165) is 0 Å². The fourth-order valence-corrected chi connectivity index (χ4v) is 2.52. The summed E-state index contributed by atoms with van der Waals surface area (Å²) in [4.78, 5) is 13.8. The van der Waals surface area contributed by atoms with Crippen molar-refractivity contribution in [2.45, 2.75) is 19.6 Å². The van der Waals surface area contributed by atoms with Gasteiger partial charge in [-0.15, -0.1) is 0 Å². The predicted molar refractivity (Wildman–Crippen MR) is 81.8 cm³/mol. The molecule has 1 aromatic rings. The number of nitrogens with zero attached hydrogens (tertiary/aromatic N) is 1. The maximum atomic E-state index is 12.4. The summed E-state index contributed by atoms with van der Waals surface area (Å²) in [6.45, 7) is 0.516. The molecule has 1 unspecified atom stereocenters. The molecule has 1 aliphatic heterocycles. The number of carbonyl (C=O) groups is 1. The molecule has 1 amide bonds. The first-order chi connectivity index (χ1) is 10.5. The van der Waals surface area contributed by atoms with Crippen LogP contribution in [0.25, 0.3) is 6.08 Å². The second-order valence-electron chi connectivity index (χ2n) is 4.86. The molecule has 1 fully saturated rings. The first-order valence-corrected chi connectivity index (χ1v) is 7.58. The highest BCUT2D eigenvalue weighted by Gasteiger charge is 2.19. The number of morpholine rings is 1. The van der Waals surface area contributed by atoms with Gasteiger partial charge in [-0.25, -0.2) is 0 Å². The van der Waals surface area contributed by atoms with E-state index >= 15 is 0 Å². The molecule has 1 saturated heterocycles. The zero-order valence-electron chi connectivity index (χ0n) is 12.0. The van der Waals surface area contributed by atoms with Crippen molar-refractivity contribution in [3.8, 4) is 5.75 Å². The predicted octanol–water partition coefficient (Wildman–Crippen LogP) is 3.31. The van der Waals surface area contributed by atoms with Gasteiger partial charge in [0.2, 0.25) is 5.91 Å². The number of hydrogen-bond acceptors (Lipinski definition) is 3. The van der Waals surface area contributed by atoms with Crippen LogP contribution in [0.3, 0.4) is 0 Å². The lowest BCUT2D eigenvalue weighted by atomic mass is 10.2. The summed E-state index contributed by atoms with van der Waals surface area (Å²) >= 11 is 3.27. The van der Waals surface area contributed by atoms with Crippen molar-refractivity contribution in [3.05, 3.63) is 34.3 Å². The van der Waals surface area contributed by atoms with Crippen LogP contribution in [0.2, 0.25) is 0 Å². The molecule has 0 N–H and O–H groups in total. The largest absolute Gasteiger partial charge is 0.434 e. The minimum Gasteiger partial charge on any atom is -0.434 e. The SMILES string of the molecule is CC1CN(C(=O)/C=C/c2cc(Br)ccc2OC(F)F)CCO1. The van der Waals surface area contributed by atoms with E-state index in [1.54, 1.807) is 17.0 Å². The summed E-state index contributed by atoms with van der Waals surface area (Å²) in [7, 11) is 0. The molecule has 22 heavy (non-hydrogen) atoms. The Labute approximate surface area is 135 Å². The summed E-state index contributed by atoms with van der Waals surface area (Å²) in [6.07, 6.45) is 2.83. The highest BCUT2D eigenvalue weighted by molar-refractivity contribution is 9.10. The summed E-state index contributed by atoms with van der Waals surface area (Å²) in [6, 6.07) is 4.64. The van der Waals surface area contributed by atoms with Gasteiger partial charge in [-0.3, -0.25) is 4.79 Å². The van der Waals surface area contributed by atoms with Crippen LogP contribution in [0.5, 0.6) is 5.75 Å². The molecule has 1 aliphatic rings. The van der Waals surface area contributed by atoms with Gasteiger partial charge in [0.15, 0.2) is 0 Å². The average Bonchev–Trinajstić information content (AvgIpc) is 2.46. The Morgan fingerprint density at radius 1 is 1.55 bits per heavy atom. The molecule has 0 aromatic heterocycles. The molecule has 0 aliphatic carbocycles. The van der Waals surface area contributed by atoms with E-state index in [1.807, 2.05) is 6.92 Å². The second-order valence-corrected chi connectivity index (χ2v) is 5.78. The van der Waals surface area contributed by atoms with Crippen LogP contribution < -0.4 is 4.74 Å². The molecule has 1 aromatic carbocycles. The lowest BCUT2D eigenvalue weighted by molar-refractivity contribution is -0.132. The molecular weight excluding hydrogens is 360 g/mol. The third-order valence-electron chi connectivity index (χ3n) is 3.15. The summed E-state index contributed by atoms with van der Waals surface area (Å²) in [5.74, 6) is -0.157. The van der Waals surface area contributed by atoms with Gasteiger partial charge in [0.1, 0.15) is 5.75 Å². The Hall–Kier alpha value is -1.47. The van der Waals surface area contributed by atoms with E-state index in [0.29, 0.717) is 29.7 Å². The van der Waals surface area contributed by atoms with Crippen molar-refractivity contribution in [2.24, 2.45) is 0 Å². The fourth-order valence-electron chi connectivity index (χ4n) is 2.14. The topological polar surface area (TPSA) is 38.8 Å². The van der Waals surface area contributed by atoms with Crippen molar-refractivity contribution in [1.29, 1.82) is 0 Å². The third-order valence-corrected chi connectivity index (χ3v) is 3.64. The quantitative estimate of drug-likeness (QED) is 0.757. The van der Waals surface area contributed by atoms with Crippen molar-refractivity contribution >= 4 is 27.9 Å². The van der Waals surface area contributed by atoms with Gasteiger partial charge < -0.3 is 14.4 Å². The van der Waals surface area contributed by atoms with Crippen molar-refractivity contribution in [1.82, 2.24) is 4.90 Å². The number of hydrogen-bond donors (Lipinski definition) is 0. The molecule has 4 nitrogen and oxygen atoms in total. The Balaban J connectivity index is 2.11. The van der Waals surface area contributed by atoms with Gasteiger partial charge in [-0.2, -0.15) is 8.78 Å². The van der Waals surface area contributed by atoms with Crippen molar-refractivity contribution < 1.29 is 23.0 Å². The Bertz CT molecular complexity index is 566. The third kappa shape index (κ3) is 4.78. The summed E-state index contributed by atoms with van der Waals surface area (Å²) < 4.78 is 35.3. The molecule has 7 heteroatoms. The number of alkyl halides is 2. The van der Waals surface area contributed by atoms with Gasteiger partial charge in [-0.1, -0.05) is 15.9 Å². The second kappa shape index (κ2) is 7.69. The van der Waals surface area contributed by atoms with Gasteiger partial charge in [0.25, 0.3) is 0 Å². The number of rotatable bonds is 4. The van der Waals surface area contributed by atoms with Gasteiger partial charge in [0, 0.05) is 29.2 Å². The minimum atomic E-state index is -2.91. The standard InChI is InChI=1S/C15H16BrF2NO3/c1-10-9-19(6-7-21-10)14(20)5-2-11-8-12(16)3-4-13(11)22-15(17)18/h2-5,8,10,15H,6-7,9H2,1H3/b5-2+. The number of ether oxygens (including phenoxy) is 2. The number of benzene rings is 1. The zero-order valence-corrected chi connectivity index (χ0v) is 13.6. The highest BCUT2D eigenvalue weighted by Crippen LogP contribution is 2.26. The van der Waals surface area contributed by atoms with Gasteiger partial charge in [-0.05, 0) is 31.2 Å². The molecule has 0 spiro atoms. The number of amides is 1. The summed E-state index contributed by atoms with van der Waals surface area (Å²) in [5, 5.41) is 0. The molecule has 2 rings (SSSR count). The van der Waals surface area contributed by atoms with Crippen LogP contribution in [-0.2, 0) is 9.53 Å². The van der Waals surface area contributed by atoms with Crippen LogP contribution >= 0.6 is 15.9 Å². The Morgan fingerprint density at radius 3 is 3.00 bits per heavy atom. The maximum Gasteiger partial charge on any atom is 0.387 e. The molecule has 0 bridgehead atoms. The van der Waals surface area contributed by atoms with Crippen LogP contribution in [0.1, 0.15) is 12.5 Å². The van der Waals surface area contributed by atoms with Crippen LogP contribution in [0, 0.1) is 0 Å². The molecular formula is C15H16BrF2NO3. The zero-order chi connectivity index (χ0) is 16.1. The smallest absolute Gasteiger partial charge is 0.387 e. The maximum absolute atomic E-state index is 12.4. The fraction of sp³-hybridized carbons (Fsp3) is 0.400. The van der Waals surface area contributed by atoms with E-state index in [4.69, 9.17) is 4.74 Å². The normalized spacial score (nSPS) is 19.0. The molecule has 120 valence electrons. The number of carbonyl (C=O) groups excluding carboxylic acids is 1. The highest BCUT2D eigenvalue weighted by atomic mass is 79.9. The number of halogens is 3. The lowest BCUT2D eigenvalue weighted by Crippen LogP contribution is -2.43. The van der Waals surface area contributed by atoms with Crippen molar-refractivity contribution in [3.63, 3.8) is 0 Å². The van der Waals surface area contributed by atoms with Crippen LogP contribution in [0.15, 0.2) is 28.7 Å². The first kappa shape index (κ1) is 16.9. The molecule has 0 saturated carbocycles. The molecule has 1 atom stereocenters. The van der Waals surface area contributed by atoms with Crippen molar-refractivity contribution in [2.75, 3.05) is 19.7 Å². The van der Waals surface area contributed by atoms with Gasteiger partial charge >= 0.3 is 6.61 Å². The van der Waals surface area contributed by atoms with Crippen LogP contribution in [-0.4, -0.2) is 43.2 Å². The van der Waals surface area contributed by atoms with E-state index in [-0.39, 0.29) is 17.8 Å². The van der Waals surface area contributed by atoms with E-state index in [2.05, 4.69) is 20.7 Å². The van der Waals surface area contributed by atoms with E-state index in [1.165, 1.54) is 18.2 Å². The first-order valence-electron chi connectivity index (χ1n) is 6.78.